The molecule has 5 heteroatoms. The summed E-state index contributed by atoms with van der Waals surface area (Å²) < 4.78 is 0. The lowest BCUT2D eigenvalue weighted by Crippen LogP contribution is -2.22. The number of rotatable bonds is 9. The van der Waals surface area contributed by atoms with E-state index in [0.717, 1.165) is 37.0 Å². The maximum absolute atomic E-state index is 4.55. The summed E-state index contributed by atoms with van der Waals surface area (Å²) in [6.45, 7) is 6.03. The zero-order chi connectivity index (χ0) is 16.5. The van der Waals surface area contributed by atoms with Gasteiger partial charge in [0, 0.05) is 38.6 Å². The summed E-state index contributed by atoms with van der Waals surface area (Å²) in [6.07, 6.45) is 8.29. The topological polar surface area (TPSA) is 53.9 Å². The van der Waals surface area contributed by atoms with Crippen LogP contribution in [0.1, 0.15) is 37.6 Å². The summed E-state index contributed by atoms with van der Waals surface area (Å²) in [5.41, 5.74) is 1.29. The fourth-order valence-electron chi connectivity index (χ4n) is 2.39. The molecule has 0 aliphatic carbocycles. The number of anilines is 2. The molecule has 0 aliphatic heterocycles. The van der Waals surface area contributed by atoms with Gasteiger partial charge in [0.1, 0.15) is 17.5 Å². The number of pyridine rings is 1. The first-order valence-corrected chi connectivity index (χ1v) is 8.38. The quantitative estimate of drug-likeness (QED) is 0.719. The highest BCUT2D eigenvalue weighted by atomic mass is 15.2. The first kappa shape index (κ1) is 17.2. The van der Waals surface area contributed by atoms with Crippen molar-refractivity contribution in [3.63, 3.8) is 0 Å². The van der Waals surface area contributed by atoms with Crippen molar-refractivity contribution in [2.24, 2.45) is 0 Å². The van der Waals surface area contributed by atoms with Crippen LogP contribution < -0.4 is 10.2 Å². The lowest BCUT2D eigenvalue weighted by atomic mass is 10.2. The third-order valence-corrected chi connectivity index (χ3v) is 3.79. The third kappa shape index (κ3) is 5.85. The van der Waals surface area contributed by atoms with Gasteiger partial charge >= 0.3 is 0 Å². The first-order valence-electron chi connectivity index (χ1n) is 8.38. The molecule has 5 nitrogen and oxygen atoms in total. The average molecular weight is 313 g/mol. The van der Waals surface area contributed by atoms with Gasteiger partial charge in [-0.25, -0.2) is 9.97 Å². The molecule has 0 unspecified atom stereocenters. The zero-order valence-corrected chi connectivity index (χ0v) is 14.4. The maximum Gasteiger partial charge on any atom is 0.134 e. The highest BCUT2D eigenvalue weighted by molar-refractivity contribution is 5.49. The van der Waals surface area contributed by atoms with Gasteiger partial charge in [-0.3, -0.25) is 4.98 Å². The Morgan fingerprint density at radius 1 is 1.13 bits per heavy atom. The molecule has 124 valence electrons. The van der Waals surface area contributed by atoms with Gasteiger partial charge in [-0.05, 0) is 37.5 Å². The van der Waals surface area contributed by atoms with Crippen LogP contribution >= 0.6 is 0 Å². The second-order valence-corrected chi connectivity index (χ2v) is 5.82. The van der Waals surface area contributed by atoms with Crippen LogP contribution in [0.3, 0.4) is 0 Å². The van der Waals surface area contributed by atoms with Gasteiger partial charge in [0.2, 0.25) is 0 Å². The van der Waals surface area contributed by atoms with Crippen LogP contribution in [0.2, 0.25) is 0 Å². The van der Waals surface area contributed by atoms with Gasteiger partial charge in [0.15, 0.2) is 0 Å². The number of aryl methyl sites for hydroxylation is 1. The third-order valence-electron chi connectivity index (χ3n) is 3.79. The normalized spacial score (nSPS) is 10.6. The second-order valence-electron chi connectivity index (χ2n) is 5.82. The van der Waals surface area contributed by atoms with Crippen LogP contribution in [0.15, 0.2) is 30.6 Å². The van der Waals surface area contributed by atoms with Gasteiger partial charge in [0.25, 0.3) is 0 Å². The summed E-state index contributed by atoms with van der Waals surface area (Å²) >= 11 is 0. The van der Waals surface area contributed by atoms with Gasteiger partial charge in [0.05, 0.1) is 0 Å². The lowest BCUT2D eigenvalue weighted by molar-refractivity contribution is 0.741. The van der Waals surface area contributed by atoms with E-state index in [1.807, 2.05) is 25.4 Å². The molecule has 1 N–H and O–H groups in total. The Kier molecular flexibility index (Phi) is 6.78. The number of likely N-dealkylation sites (N-methyl/N-ethyl adjacent to an activating group) is 1. The van der Waals surface area contributed by atoms with E-state index in [9.17, 15) is 0 Å². The minimum atomic E-state index is 0.802. The second kappa shape index (κ2) is 9.08. The van der Waals surface area contributed by atoms with Crippen LogP contribution in [0.5, 0.6) is 0 Å². The number of aromatic nitrogens is 3. The molecule has 0 atom stereocenters. The summed E-state index contributed by atoms with van der Waals surface area (Å²) in [7, 11) is 2.07. The minimum absolute atomic E-state index is 0.802. The summed E-state index contributed by atoms with van der Waals surface area (Å²) in [4.78, 5) is 15.3. The van der Waals surface area contributed by atoms with Gasteiger partial charge in [-0.1, -0.05) is 19.8 Å². The van der Waals surface area contributed by atoms with Crippen molar-refractivity contribution in [2.75, 3.05) is 30.4 Å². The predicted octanol–water partition coefficient (Wildman–Crippen LogP) is 3.46. The molecule has 0 aromatic carbocycles. The molecule has 0 radical (unpaired) electrons. The van der Waals surface area contributed by atoms with E-state index in [0.29, 0.717) is 0 Å². The van der Waals surface area contributed by atoms with Crippen molar-refractivity contribution in [2.45, 2.75) is 39.5 Å². The van der Waals surface area contributed by atoms with E-state index < -0.39 is 0 Å². The molecule has 2 rings (SSSR count). The van der Waals surface area contributed by atoms with E-state index in [1.54, 1.807) is 0 Å². The Morgan fingerprint density at radius 3 is 2.65 bits per heavy atom. The summed E-state index contributed by atoms with van der Waals surface area (Å²) in [5, 5.41) is 3.40. The summed E-state index contributed by atoms with van der Waals surface area (Å²) in [6, 6.07) is 6.14. The molecule has 23 heavy (non-hydrogen) atoms. The van der Waals surface area contributed by atoms with Crippen molar-refractivity contribution in [3.05, 3.63) is 42.0 Å². The van der Waals surface area contributed by atoms with Crippen LogP contribution in [-0.4, -0.2) is 35.1 Å². The fourth-order valence-corrected chi connectivity index (χ4v) is 2.39. The van der Waals surface area contributed by atoms with E-state index >= 15 is 0 Å². The van der Waals surface area contributed by atoms with Gasteiger partial charge in [-0.2, -0.15) is 0 Å². The molecule has 0 spiro atoms. The van der Waals surface area contributed by atoms with Gasteiger partial charge in [-0.15, -0.1) is 0 Å². The summed E-state index contributed by atoms with van der Waals surface area (Å²) in [5.74, 6) is 2.68. The zero-order valence-electron chi connectivity index (χ0n) is 14.4. The Morgan fingerprint density at radius 2 is 1.91 bits per heavy atom. The molecule has 0 bridgehead atoms. The molecule has 0 aliphatic rings. The first-order chi connectivity index (χ1) is 11.2. The number of unbranched alkanes of at least 4 members (excludes halogenated alkanes) is 2. The van der Waals surface area contributed by atoms with Crippen molar-refractivity contribution in [3.8, 4) is 0 Å². The van der Waals surface area contributed by atoms with Crippen LogP contribution in [0.4, 0.5) is 11.6 Å². The van der Waals surface area contributed by atoms with Crippen LogP contribution in [-0.2, 0) is 6.42 Å². The Balaban J connectivity index is 1.93. The van der Waals surface area contributed by atoms with Gasteiger partial charge < -0.3 is 10.2 Å². The number of nitrogens with one attached hydrogen (secondary N) is 1. The van der Waals surface area contributed by atoms with E-state index in [-0.39, 0.29) is 0 Å². The van der Waals surface area contributed by atoms with Crippen LogP contribution in [0.25, 0.3) is 0 Å². The lowest BCUT2D eigenvalue weighted by Gasteiger charge is -2.19. The molecule has 2 aromatic heterocycles. The monoisotopic (exact) mass is 313 g/mol. The predicted molar refractivity (Wildman–Crippen MR) is 96.0 cm³/mol. The molecule has 2 heterocycles. The van der Waals surface area contributed by atoms with E-state index in [2.05, 4.69) is 51.3 Å². The maximum atomic E-state index is 4.55. The Bertz CT molecular complexity index is 585. The largest absolute Gasteiger partial charge is 0.370 e. The van der Waals surface area contributed by atoms with Crippen molar-refractivity contribution in [1.29, 1.82) is 0 Å². The SMILES string of the molecule is CCCCCNc1cc(N(C)CCc2ccncc2)nc(C)n1. The fraction of sp³-hybridized carbons (Fsp3) is 0.500. The molecule has 0 fully saturated rings. The van der Waals surface area contributed by atoms with E-state index in [4.69, 9.17) is 0 Å². The van der Waals surface area contributed by atoms with Crippen molar-refractivity contribution in [1.82, 2.24) is 15.0 Å². The Hall–Kier alpha value is -2.17. The van der Waals surface area contributed by atoms with Crippen molar-refractivity contribution < 1.29 is 0 Å². The van der Waals surface area contributed by atoms with E-state index in [1.165, 1.54) is 24.8 Å². The smallest absolute Gasteiger partial charge is 0.134 e. The molecular formula is C18H27N5. The highest BCUT2D eigenvalue weighted by Gasteiger charge is 2.07. The molecule has 0 saturated carbocycles. The molecule has 0 saturated heterocycles. The Labute approximate surface area is 139 Å². The standard InChI is InChI=1S/C18H27N5/c1-4-5-6-10-20-17-14-18(22-15(2)21-17)23(3)13-9-16-7-11-19-12-8-16/h7-8,11-12,14H,4-6,9-10,13H2,1-3H3,(H,20,21,22). The van der Waals surface area contributed by atoms with Crippen LogP contribution in [0, 0.1) is 6.92 Å². The highest BCUT2D eigenvalue weighted by Crippen LogP contribution is 2.15. The molecule has 0 amide bonds. The number of hydrogen-bond donors (Lipinski definition) is 1. The van der Waals surface area contributed by atoms with Crippen molar-refractivity contribution >= 4 is 11.6 Å². The average Bonchev–Trinajstić information content (AvgIpc) is 2.57. The number of nitrogens with zero attached hydrogens (tertiary/aromatic N) is 4. The molecular weight excluding hydrogens is 286 g/mol. The molecule has 2 aromatic rings. The number of hydrogen-bond acceptors (Lipinski definition) is 5. The minimum Gasteiger partial charge on any atom is -0.370 e.